The van der Waals surface area contributed by atoms with Crippen molar-refractivity contribution in [2.24, 2.45) is 0 Å². The molecule has 0 radical (unpaired) electrons. The summed E-state index contributed by atoms with van der Waals surface area (Å²) in [4.78, 5) is 27.2. The van der Waals surface area contributed by atoms with Gasteiger partial charge in [-0.1, -0.05) is 13.8 Å². The maximum Gasteiger partial charge on any atom is 0.279 e. The molecule has 1 N–H and O–H groups in total. The summed E-state index contributed by atoms with van der Waals surface area (Å²) in [7, 11) is -0.674. The SMILES string of the molecule is CCc1c2nc(-c3cc(S(=O)(=O)N4CCN(CC)CC4)cnc3OCCOC)[nH]c(=O)c2nn1C(C)COC. The zero-order valence-electron chi connectivity index (χ0n) is 23.1. The Kier molecular flexibility index (Phi) is 9.33. The molecule has 4 heterocycles. The highest BCUT2D eigenvalue weighted by Crippen LogP contribution is 2.30. The maximum atomic E-state index is 13.5. The van der Waals surface area contributed by atoms with Gasteiger partial charge in [0.2, 0.25) is 15.9 Å². The molecule has 1 unspecified atom stereocenters. The fourth-order valence-electron chi connectivity index (χ4n) is 4.69. The van der Waals surface area contributed by atoms with Crippen LogP contribution in [0.2, 0.25) is 0 Å². The number of fused-ring (bicyclic) bond motifs is 1. The second kappa shape index (κ2) is 12.5. The fraction of sp³-hybridized carbons (Fsp3) is 0.600. The van der Waals surface area contributed by atoms with Crippen LogP contribution in [0.5, 0.6) is 5.88 Å². The Morgan fingerprint density at radius 3 is 2.46 bits per heavy atom. The van der Waals surface area contributed by atoms with Gasteiger partial charge in [-0.05, 0) is 26.0 Å². The standard InChI is InChI=1S/C25H37N7O6S/c1-6-20-21-22(29-32(20)17(3)16-37-5)24(33)28-23(27-21)19-14-18(15-26-25(19)38-13-12-36-4)39(34,35)31-10-8-30(7-2)9-11-31/h14-15,17H,6-13,16H2,1-5H3,(H,27,28,33). The Labute approximate surface area is 228 Å². The van der Waals surface area contributed by atoms with Crippen LogP contribution in [0.25, 0.3) is 22.4 Å². The predicted molar refractivity (Wildman–Crippen MR) is 146 cm³/mol. The largest absolute Gasteiger partial charge is 0.475 e. The van der Waals surface area contributed by atoms with Gasteiger partial charge in [0.25, 0.3) is 5.56 Å². The van der Waals surface area contributed by atoms with Gasteiger partial charge < -0.3 is 24.1 Å². The van der Waals surface area contributed by atoms with E-state index in [1.165, 1.54) is 16.6 Å². The molecule has 0 amide bonds. The summed E-state index contributed by atoms with van der Waals surface area (Å²) in [6.07, 6.45) is 1.86. The minimum absolute atomic E-state index is 0.00409. The highest BCUT2D eigenvalue weighted by molar-refractivity contribution is 7.89. The topological polar surface area (TPSA) is 145 Å². The summed E-state index contributed by atoms with van der Waals surface area (Å²) >= 11 is 0. The molecule has 1 aliphatic heterocycles. The molecule has 3 aromatic heterocycles. The Hall–Kier alpha value is -2.91. The highest BCUT2D eigenvalue weighted by Gasteiger charge is 2.30. The van der Waals surface area contributed by atoms with E-state index in [-0.39, 0.29) is 40.3 Å². The van der Waals surface area contributed by atoms with E-state index in [0.717, 1.165) is 12.2 Å². The normalized spacial score (nSPS) is 16.1. The number of pyridine rings is 1. The van der Waals surface area contributed by atoms with E-state index >= 15 is 0 Å². The molecule has 0 spiro atoms. The molecule has 0 saturated carbocycles. The van der Waals surface area contributed by atoms with Crippen molar-refractivity contribution in [3.05, 3.63) is 28.3 Å². The van der Waals surface area contributed by atoms with Gasteiger partial charge >= 0.3 is 0 Å². The zero-order valence-corrected chi connectivity index (χ0v) is 24.0. The first kappa shape index (κ1) is 29.1. The summed E-state index contributed by atoms with van der Waals surface area (Å²) in [6, 6.07) is 1.35. The van der Waals surface area contributed by atoms with Gasteiger partial charge in [0, 0.05) is 40.4 Å². The second-order valence-electron chi connectivity index (χ2n) is 9.36. The number of aromatic amines is 1. The average molecular weight is 564 g/mol. The number of hydrogen-bond acceptors (Lipinski definition) is 10. The number of methoxy groups -OCH3 is 2. The Morgan fingerprint density at radius 1 is 1.08 bits per heavy atom. The van der Waals surface area contributed by atoms with Gasteiger partial charge in [-0.2, -0.15) is 9.40 Å². The Balaban J connectivity index is 1.82. The van der Waals surface area contributed by atoms with Crippen molar-refractivity contribution in [3.8, 4) is 17.3 Å². The molecular formula is C25H37N7O6S. The fourth-order valence-corrected chi connectivity index (χ4v) is 6.08. The van der Waals surface area contributed by atoms with Crippen molar-refractivity contribution in [1.29, 1.82) is 0 Å². The molecule has 13 nitrogen and oxygen atoms in total. The summed E-state index contributed by atoms with van der Waals surface area (Å²) in [5.74, 6) is 0.288. The molecule has 4 rings (SSSR count). The molecule has 1 atom stereocenters. The Bertz CT molecular complexity index is 1450. The number of nitrogens with one attached hydrogen (secondary N) is 1. The van der Waals surface area contributed by atoms with E-state index in [1.807, 2.05) is 13.8 Å². The van der Waals surface area contributed by atoms with Gasteiger partial charge in [0.15, 0.2) is 5.52 Å². The quantitative estimate of drug-likeness (QED) is 0.320. The minimum atomic E-state index is -3.83. The van der Waals surface area contributed by atoms with Crippen LogP contribution < -0.4 is 10.3 Å². The molecule has 0 bridgehead atoms. The number of H-pyrrole nitrogens is 1. The molecule has 1 fully saturated rings. The van der Waals surface area contributed by atoms with E-state index in [4.69, 9.17) is 19.2 Å². The molecule has 1 aliphatic rings. The van der Waals surface area contributed by atoms with Crippen LogP contribution >= 0.6 is 0 Å². The third kappa shape index (κ3) is 5.99. The number of aromatic nitrogens is 5. The van der Waals surface area contributed by atoms with Gasteiger partial charge in [0.1, 0.15) is 22.8 Å². The monoisotopic (exact) mass is 563 g/mol. The molecule has 214 valence electrons. The lowest BCUT2D eigenvalue weighted by atomic mass is 10.2. The maximum absolute atomic E-state index is 13.5. The van der Waals surface area contributed by atoms with Crippen LogP contribution in [0.15, 0.2) is 22.0 Å². The van der Waals surface area contributed by atoms with Crippen molar-refractivity contribution >= 4 is 21.1 Å². The molecule has 0 aromatic carbocycles. The van der Waals surface area contributed by atoms with Gasteiger partial charge in [-0.25, -0.2) is 18.4 Å². The van der Waals surface area contributed by atoms with Crippen molar-refractivity contribution < 1.29 is 22.6 Å². The van der Waals surface area contributed by atoms with Crippen molar-refractivity contribution in [3.63, 3.8) is 0 Å². The lowest BCUT2D eigenvalue weighted by Crippen LogP contribution is -2.48. The predicted octanol–water partition coefficient (Wildman–Crippen LogP) is 1.30. The smallest absolute Gasteiger partial charge is 0.279 e. The van der Waals surface area contributed by atoms with E-state index in [0.29, 0.717) is 51.3 Å². The number of rotatable bonds is 12. The molecular weight excluding hydrogens is 526 g/mol. The van der Waals surface area contributed by atoms with E-state index < -0.39 is 15.6 Å². The van der Waals surface area contributed by atoms with Crippen molar-refractivity contribution in [1.82, 2.24) is 33.9 Å². The highest BCUT2D eigenvalue weighted by atomic mass is 32.2. The summed E-state index contributed by atoms with van der Waals surface area (Å²) in [5, 5.41) is 4.51. The number of nitrogens with zero attached hydrogens (tertiary/aromatic N) is 6. The second-order valence-corrected chi connectivity index (χ2v) is 11.3. The average Bonchev–Trinajstić information content (AvgIpc) is 3.33. The van der Waals surface area contributed by atoms with E-state index in [2.05, 4.69) is 26.9 Å². The minimum Gasteiger partial charge on any atom is -0.475 e. The van der Waals surface area contributed by atoms with Crippen LogP contribution in [-0.2, 0) is 25.9 Å². The first-order valence-electron chi connectivity index (χ1n) is 13.1. The lowest BCUT2D eigenvalue weighted by Gasteiger charge is -2.33. The number of aryl methyl sites for hydroxylation is 1. The van der Waals surface area contributed by atoms with Gasteiger partial charge in [0.05, 0.1) is 36.7 Å². The first-order chi connectivity index (χ1) is 18.7. The van der Waals surface area contributed by atoms with Crippen LogP contribution in [0, 0.1) is 0 Å². The summed E-state index contributed by atoms with van der Waals surface area (Å²) in [5.41, 5.74) is 1.23. The van der Waals surface area contributed by atoms with Crippen LogP contribution in [0.3, 0.4) is 0 Å². The number of likely N-dealkylation sites (N-methyl/N-ethyl adjacent to an activating group) is 1. The number of ether oxygens (including phenoxy) is 3. The first-order valence-corrected chi connectivity index (χ1v) is 14.5. The third-order valence-corrected chi connectivity index (χ3v) is 8.70. The Morgan fingerprint density at radius 2 is 1.82 bits per heavy atom. The van der Waals surface area contributed by atoms with Crippen LogP contribution in [0.1, 0.15) is 32.5 Å². The third-order valence-electron chi connectivity index (χ3n) is 6.84. The van der Waals surface area contributed by atoms with Crippen molar-refractivity contribution in [2.45, 2.75) is 38.1 Å². The molecule has 3 aromatic rings. The van der Waals surface area contributed by atoms with E-state index in [9.17, 15) is 13.2 Å². The van der Waals surface area contributed by atoms with E-state index in [1.54, 1.807) is 18.9 Å². The summed E-state index contributed by atoms with van der Waals surface area (Å²) in [6.45, 7) is 9.82. The molecule has 0 aliphatic carbocycles. The summed E-state index contributed by atoms with van der Waals surface area (Å²) < 4.78 is 46.5. The number of piperazine rings is 1. The van der Waals surface area contributed by atoms with Crippen LogP contribution in [0.4, 0.5) is 0 Å². The van der Waals surface area contributed by atoms with Crippen molar-refractivity contribution in [2.75, 3.05) is 66.8 Å². The molecule has 39 heavy (non-hydrogen) atoms. The molecule has 1 saturated heterocycles. The zero-order chi connectivity index (χ0) is 28.2. The number of hydrogen-bond donors (Lipinski definition) is 1. The lowest BCUT2D eigenvalue weighted by molar-refractivity contribution is 0.144. The number of sulfonamides is 1. The van der Waals surface area contributed by atoms with Gasteiger partial charge in [-0.3, -0.25) is 9.48 Å². The molecule has 14 heteroatoms. The van der Waals surface area contributed by atoms with Gasteiger partial charge in [-0.15, -0.1) is 0 Å². The van der Waals surface area contributed by atoms with Crippen LogP contribution in [-0.4, -0.2) is 109 Å².